The number of pyridine rings is 2. The Hall–Kier alpha value is -4.96. The van der Waals surface area contributed by atoms with Gasteiger partial charge in [-0.15, -0.1) is 0 Å². The molecule has 0 spiro atoms. The Labute approximate surface area is 252 Å². The Morgan fingerprint density at radius 3 is 2.73 bits per heavy atom. The monoisotopic (exact) mass is 599 g/mol. The zero-order valence-electron chi connectivity index (χ0n) is 24.2. The third kappa shape index (κ3) is 5.44. The van der Waals surface area contributed by atoms with Gasteiger partial charge in [-0.05, 0) is 37.9 Å². The highest BCUT2D eigenvalue weighted by molar-refractivity contribution is 5.98. The second kappa shape index (κ2) is 12.0. The van der Waals surface area contributed by atoms with Crippen LogP contribution in [0.15, 0.2) is 48.9 Å². The van der Waals surface area contributed by atoms with E-state index in [9.17, 15) is 14.4 Å². The SMILES string of the molecule is C=C(F)C(=O)N1CCN(c2nc(OC[C@@H]3CCCN3C)nc3c(F)c(-c4nc(N)cc5ccccc45)ncc23)C[C@@H]1CC#N. The molecule has 2 saturated heterocycles. The highest BCUT2D eigenvalue weighted by Crippen LogP contribution is 2.35. The van der Waals surface area contributed by atoms with Crippen molar-refractivity contribution in [1.29, 1.82) is 5.26 Å². The number of benzene rings is 1. The molecule has 2 aliphatic heterocycles. The van der Waals surface area contributed by atoms with Crippen LogP contribution in [-0.4, -0.2) is 87.6 Å². The number of fused-ring (bicyclic) bond motifs is 2. The number of rotatable bonds is 7. The topological polar surface area (TPSA) is 137 Å². The third-order valence-corrected chi connectivity index (χ3v) is 8.31. The summed E-state index contributed by atoms with van der Waals surface area (Å²) in [5.41, 5.74) is 6.31. The number of hydrogen-bond acceptors (Lipinski definition) is 10. The summed E-state index contributed by atoms with van der Waals surface area (Å²) in [5.74, 6) is -2.11. The van der Waals surface area contributed by atoms with E-state index in [0.29, 0.717) is 23.2 Å². The largest absolute Gasteiger partial charge is 0.462 e. The number of carbonyl (C=O) groups excluding carboxylic acids is 1. The van der Waals surface area contributed by atoms with Gasteiger partial charge in [0.05, 0.1) is 23.9 Å². The van der Waals surface area contributed by atoms with E-state index in [1.807, 2.05) is 36.2 Å². The van der Waals surface area contributed by atoms with Crippen LogP contribution in [-0.2, 0) is 4.79 Å². The van der Waals surface area contributed by atoms with Gasteiger partial charge in [0.15, 0.2) is 11.6 Å². The van der Waals surface area contributed by atoms with Crippen molar-refractivity contribution in [2.45, 2.75) is 31.3 Å². The van der Waals surface area contributed by atoms with Gasteiger partial charge in [-0.3, -0.25) is 9.78 Å². The summed E-state index contributed by atoms with van der Waals surface area (Å²) in [6.07, 6.45) is 3.45. The number of likely N-dealkylation sites (N-methyl/N-ethyl adjacent to an activating group) is 1. The van der Waals surface area contributed by atoms with E-state index < -0.39 is 23.6 Å². The molecule has 1 amide bonds. The molecule has 44 heavy (non-hydrogen) atoms. The Balaban J connectivity index is 1.45. The third-order valence-electron chi connectivity index (χ3n) is 8.31. The lowest BCUT2D eigenvalue weighted by Gasteiger charge is -2.41. The second-order valence-electron chi connectivity index (χ2n) is 11.1. The fourth-order valence-electron chi connectivity index (χ4n) is 6.00. The number of nitrogens with zero attached hydrogens (tertiary/aromatic N) is 8. The summed E-state index contributed by atoms with van der Waals surface area (Å²) >= 11 is 0. The molecule has 2 aliphatic rings. The van der Waals surface area contributed by atoms with Crippen LogP contribution in [0.4, 0.5) is 20.4 Å². The van der Waals surface area contributed by atoms with Crippen molar-refractivity contribution in [2.75, 3.05) is 50.5 Å². The molecule has 6 rings (SSSR count). The fraction of sp³-hybridized carbons (Fsp3) is 0.355. The molecule has 4 aromatic rings. The normalized spacial score (nSPS) is 19.0. The standard InChI is InChI=1S/C31H31F2N9O2/c1-18(32)30(43)42-13-12-41(16-20(42)9-10-34)29-23-15-36-28(27-22-8-4-3-6-19(22)14-24(35)37-27)25(33)26(23)38-31(39-29)44-17-21-7-5-11-40(21)2/h3-4,6,8,14-15,20-21H,1,5,7,9,11-13,16-17H2,2H3,(H2,35,37)/t20-,21-/m0/s1. The lowest BCUT2D eigenvalue weighted by Crippen LogP contribution is -2.55. The number of ether oxygens (including phenoxy) is 1. The zero-order valence-corrected chi connectivity index (χ0v) is 24.2. The van der Waals surface area contributed by atoms with E-state index in [4.69, 9.17) is 10.5 Å². The number of piperazine rings is 1. The molecule has 0 radical (unpaired) electrons. The first kappa shape index (κ1) is 29.1. The molecule has 0 bridgehead atoms. The maximum absolute atomic E-state index is 16.5. The van der Waals surface area contributed by atoms with Gasteiger partial charge in [-0.25, -0.2) is 13.8 Å². The number of nitrogen functional groups attached to an aromatic ring is 1. The summed E-state index contributed by atoms with van der Waals surface area (Å²) in [6, 6.07) is 10.7. The van der Waals surface area contributed by atoms with Gasteiger partial charge in [0.1, 0.15) is 35.1 Å². The average Bonchev–Trinajstić information content (AvgIpc) is 3.43. The molecule has 2 fully saturated rings. The summed E-state index contributed by atoms with van der Waals surface area (Å²) in [5, 5.41) is 11.2. The number of carbonyl (C=O) groups is 1. The summed E-state index contributed by atoms with van der Waals surface area (Å²) in [6.45, 7) is 4.89. The molecule has 226 valence electrons. The molecule has 1 aromatic carbocycles. The molecule has 13 heteroatoms. The first-order chi connectivity index (χ1) is 21.2. The van der Waals surface area contributed by atoms with E-state index in [2.05, 4.69) is 37.5 Å². The number of anilines is 2. The van der Waals surface area contributed by atoms with Crippen LogP contribution in [0.25, 0.3) is 33.1 Å². The molecule has 11 nitrogen and oxygen atoms in total. The molecule has 2 atom stereocenters. The van der Waals surface area contributed by atoms with E-state index in [-0.39, 0.29) is 60.8 Å². The lowest BCUT2D eigenvalue weighted by atomic mass is 10.1. The van der Waals surface area contributed by atoms with Crippen LogP contribution in [0, 0.1) is 17.1 Å². The van der Waals surface area contributed by atoms with Crippen molar-refractivity contribution >= 4 is 39.2 Å². The predicted octanol–water partition coefficient (Wildman–Crippen LogP) is 3.85. The maximum Gasteiger partial charge on any atom is 0.319 e. The molecule has 2 N–H and O–H groups in total. The minimum absolute atomic E-state index is 0.0123. The first-order valence-corrected chi connectivity index (χ1v) is 14.4. The van der Waals surface area contributed by atoms with E-state index >= 15 is 4.39 Å². The Morgan fingerprint density at radius 1 is 1.16 bits per heavy atom. The molecule has 5 heterocycles. The minimum Gasteiger partial charge on any atom is -0.462 e. The quantitative estimate of drug-likeness (QED) is 0.312. The van der Waals surface area contributed by atoms with E-state index in [1.165, 1.54) is 11.1 Å². The predicted molar refractivity (Wildman–Crippen MR) is 162 cm³/mol. The number of likely N-dealkylation sites (tertiary alicyclic amines) is 1. The van der Waals surface area contributed by atoms with Crippen LogP contribution in [0.5, 0.6) is 6.01 Å². The van der Waals surface area contributed by atoms with Crippen LogP contribution < -0.4 is 15.4 Å². The highest BCUT2D eigenvalue weighted by atomic mass is 19.1. The van der Waals surface area contributed by atoms with Gasteiger partial charge in [-0.2, -0.15) is 15.2 Å². The van der Waals surface area contributed by atoms with E-state index in [1.54, 1.807) is 6.07 Å². The van der Waals surface area contributed by atoms with Gasteiger partial charge in [0.2, 0.25) is 0 Å². The van der Waals surface area contributed by atoms with Crippen molar-refractivity contribution in [3.63, 3.8) is 0 Å². The Bertz CT molecular complexity index is 1810. The number of hydrogen-bond donors (Lipinski definition) is 1. The molecule has 0 aliphatic carbocycles. The Morgan fingerprint density at radius 2 is 1.98 bits per heavy atom. The summed E-state index contributed by atoms with van der Waals surface area (Å²) in [7, 11) is 2.02. The van der Waals surface area contributed by atoms with Crippen LogP contribution in [0.3, 0.4) is 0 Å². The second-order valence-corrected chi connectivity index (χ2v) is 11.1. The molecular weight excluding hydrogens is 568 g/mol. The number of aromatic nitrogens is 4. The van der Waals surface area contributed by atoms with Gasteiger partial charge < -0.3 is 25.2 Å². The Kier molecular flexibility index (Phi) is 7.92. The molecular formula is C31H31F2N9O2. The van der Waals surface area contributed by atoms with Gasteiger partial charge in [-0.1, -0.05) is 30.8 Å². The maximum atomic E-state index is 16.5. The average molecular weight is 600 g/mol. The first-order valence-electron chi connectivity index (χ1n) is 14.4. The van der Waals surface area contributed by atoms with Crippen molar-refractivity contribution in [2.24, 2.45) is 0 Å². The van der Waals surface area contributed by atoms with Crippen LogP contribution in [0.1, 0.15) is 19.3 Å². The van der Waals surface area contributed by atoms with Crippen LogP contribution in [0.2, 0.25) is 0 Å². The van der Waals surface area contributed by atoms with Crippen molar-refractivity contribution in [3.05, 3.63) is 54.8 Å². The highest BCUT2D eigenvalue weighted by Gasteiger charge is 2.34. The lowest BCUT2D eigenvalue weighted by molar-refractivity contribution is -0.131. The van der Waals surface area contributed by atoms with Gasteiger partial charge >= 0.3 is 6.01 Å². The zero-order chi connectivity index (χ0) is 31.0. The number of nitriles is 1. The fourth-order valence-corrected chi connectivity index (χ4v) is 6.00. The summed E-state index contributed by atoms with van der Waals surface area (Å²) < 4.78 is 36.4. The van der Waals surface area contributed by atoms with Gasteiger partial charge in [0.25, 0.3) is 5.91 Å². The number of halogens is 2. The van der Waals surface area contributed by atoms with Gasteiger partial charge in [0, 0.05) is 37.3 Å². The summed E-state index contributed by atoms with van der Waals surface area (Å²) in [4.78, 5) is 35.8. The number of nitrogens with two attached hydrogens (primary N) is 1. The molecule has 3 aromatic heterocycles. The van der Waals surface area contributed by atoms with Crippen LogP contribution >= 0.6 is 0 Å². The molecule has 0 unspecified atom stereocenters. The van der Waals surface area contributed by atoms with E-state index in [0.717, 1.165) is 24.8 Å². The smallest absolute Gasteiger partial charge is 0.319 e. The van der Waals surface area contributed by atoms with Crippen molar-refractivity contribution in [1.82, 2.24) is 29.7 Å². The molecule has 0 saturated carbocycles. The van der Waals surface area contributed by atoms with Crippen molar-refractivity contribution in [3.8, 4) is 23.5 Å². The van der Waals surface area contributed by atoms with Crippen molar-refractivity contribution < 1.29 is 18.3 Å². The number of amides is 1. The minimum atomic E-state index is -1.09.